The van der Waals surface area contributed by atoms with Gasteiger partial charge in [0, 0.05) is 17.6 Å². The number of rotatable bonds is 2. The van der Waals surface area contributed by atoms with Crippen LogP contribution in [-0.2, 0) is 4.74 Å². The van der Waals surface area contributed by atoms with Crippen LogP contribution in [0.4, 0.5) is 0 Å². The molecule has 0 aromatic rings. The summed E-state index contributed by atoms with van der Waals surface area (Å²) in [5.41, 5.74) is 0.123. The zero-order valence-corrected chi connectivity index (χ0v) is 11.9. The summed E-state index contributed by atoms with van der Waals surface area (Å²) in [6, 6.07) is 0. The Morgan fingerprint density at radius 2 is 2.24 bits per heavy atom. The lowest BCUT2D eigenvalue weighted by Crippen LogP contribution is -2.45. The van der Waals surface area contributed by atoms with Crippen molar-refractivity contribution in [2.75, 3.05) is 23.9 Å². The number of hydrogen-bond acceptors (Lipinski definition) is 4. The van der Waals surface area contributed by atoms with Crippen LogP contribution < -0.4 is 0 Å². The van der Waals surface area contributed by atoms with Gasteiger partial charge in [0.05, 0.1) is 11.7 Å². The Hall–Kier alpha value is 0.620. The maximum absolute atomic E-state index is 10.5. The molecule has 4 atom stereocenters. The summed E-state index contributed by atoms with van der Waals surface area (Å²) in [5, 5.41) is 11.0. The van der Waals surface area contributed by atoms with Crippen molar-refractivity contribution >= 4 is 23.5 Å². The fraction of sp³-hybridized carbons (Fsp3) is 1.00. The monoisotopic (exact) mass is 274 g/mol. The molecule has 2 nitrogen and oxygen atoms in total. The van der Waals surface area contributed by atoms with Crippen molar-refractivity contribution in [1.82, 2.24) is 0 Å². The summed E-state index contributed by atoms with van der Waals surface area (Å²) in [6.07, 6.45) is 5.76. The highest BCUT2D eigenvalue weighted by molar-refractivity contribution is 8.00. The molecule has 4 heteroatoms. The highest BCUT2D eigenvalue weighted by atomic mass is 32.2. The standard InChI is InChI=1S/C13H22O2S2/c14-12(11-2-1-6-17-11)10-3-5-15-13(8-10)4-7-16-9-13/h10-12,14H,1-9H2. The molecular weight excluding hydrogens is 252 g/mol. The molecule has 0 aromatic carbocycles. The van der Waals surface area contributed by atoms with Crippen LogP contribution in [0.5, 0.6) is 0 Å². The van der Waals surface area contributed by atoms with Gasteiger partial charge in [-0.1, -0.05) is 0 Å². The van der Waals surface area contributed by atoms with Gasteiger partial charge in [-0.05, 0) is 49.5 Å². The van der Waals surface area contributed by atoms with E-state index in [1.165, 1.54) is 30.8 Å². The summed E-state index contributed by atoms with van der Waals surface area (Å²) in [6.45, 7) is 0.861. The second-order valence-electron chi connectivity index (χ2n) is 5.63. The molecule has 0 amide bonds. The molecule has 3 saturated heterocycles. The average Bonchev–Trinajstić information content (AvgIpc) is 3.00. The summed E-state index contributed by atoms with van der Waals surface area (Å²) in [5.74, 6) is 4.11. The number of aliphatic hydroxyl groups excluding tert-OH is 1. The van der Waals surface area contributed by atoms with Crippen LogP contribution in [0.3, 0.4) is 0 Å². The van der Waals surface area contributed by atoms with Crippen molar-refractivity contribution in [2.24, 2.45) is 5.92 Å². The Labute approximate surface area is 112 Å². The lowest BCUT2D eigenvalue weighted by Gasteiger charge is -2.40. The van der Waals surface area contributed by atoms with E-state index in [9.17, 15) is 5.11 Å². The van der Waals surface area contributed by atoms with Crippen molar-refractivity contribution < 1.29 is 9.84 Å². The Balaban J connectivity index is 1.62. The Morgan fingerprint density at radius 1 is 1.29 bits per heavy atom. The van der Waals surface area contributed by atoms with E-state index in [-0.39, 0.29) is 11.7 Å². The van der Waals surface area contributed by atoms with Gasteiger partial charge in [-0.2, -0.15) is 23.5 Å². The quantitative estimate of drug-likeness (QED) is 0.838. The van der Waals surface area contributed by atoms with Gasteiger partial charge in [0.1, 0.15) is 0 Å². The molecule has 3 heterocycles. The Bertz CT molecular complexity index is 260. The maximum atomic E-state index is 10.5. The molecule has 3 fully saturated rings. The molecule has 0 bridgehead atoms. The van der Waals surface area contributed by atoms with Crippen LogP contribution in [0.15, 0.2) is 0 Å². The molecule has 98 valence electrons. The lowest BCUT2D eigenvalue weighted by atomic mass is 9.81. The van der Waals surface area contributed by atoms with Gasteiger partial charge in [-0.15, -0.1) is 0 Å². The molecule has 3 rings (SSSR count). The lowest BCUT2D eigenvalue weighted by molar-refractivity contribution is -0.101. The van der Waals surface area contributed by atoms with E-state index in [1.54, 1.807) is 0 Å². The third-order valence-electron chi connectivity index (χ3n) is 4.43. The molecule has 0 saturated carbocycles. The van der Waals surface area contributed by atoms with Crippen molar-refractivity contribution in [3.8, 4) is 0 Å². The van der Waals surface area contributed by atoms with Gasteiger partial charge in [-0.3, -0.25) is 0 Å². The van der Waals surface area contributed by atoms with Gasteiger partial charge >= 0.3 is 0 Å². The normalized spacial score (nSPS) is 44.3. The molecule has 17 heavy (non-hydrogen) atoms. The predicted molar refractivity (Wildman–Crippen MR) is 74.8 cm³/mol. The molecular formula is C13H22O2S2. The van der Waals surface area contributed by atoms with Crippen LogP contribution in [0, 0.1) is 5.92 Å². The van der Waals surface area contributed by atoms with Crippen LogP contribution in [0.2, 0.25) is 0 Å². The predicted octanol–water partition coefficient (Wildman–Crippen LogP) is 2.55. The van der Waals surface area contributed by atoms with Crippen LogP contribution in [0.25, 0.3) is 0 Å². The fourth-order valence-electron chi connectivity index (χ4n) is 3.40. The molecule has 0 aliphatic carbocycles. The second-order valence-corrected chi connectivity index (χ2v) is 8.08. The van der Waals surface area contributed by atoms with Crippen LogP contribution in [0.1, 0.15) is 32.1 Å². The molecule has 4 unspecified atom stereocenters. The first-order valence-corrected chi connectivity index (χ1v) is 9.01. The van der Waals surface area contributed by atoms with Crippen molar-refractivity contribution in [1.29, 1.82) is 0 Å². The second kappa shape index (κ2) is 5.32. The molecule has 1 N–H and O–H groups in total. The minimum Gasteiger partial charge on any atom is -0.392 e. The van der Waals surface area contributed by atoms with E-state index in [0.717, 1.165) is 25.2 Å². The molecule has 0 radical (unpaired) electrons. The van der Waals surface area contributed by atoms with E-state index >= 15 is 0 Å². The maximum Gasteiger partial charge on any atom is 0.0783 e. The summed E-state index contributed by atoms with van der Waals surface area (Å²) < 4.78 is 6.03. The van der Waals surface area contributed by atoms with Crippen molar-refractivity contribution in [3.05, 3.63) is 0 Å². The molecule has 1 spiro atoms. The van der Waals surface area contributed by atoms with E-state index in [4.69, 9.17) is 4.74 Å². The zero-order valence-electron chi connectivity index (χ0n) is 10.3. The fourth-order valence-corrected chi connectivity index (χ4v) is 6.16. The topological polar surface area (TPSA) is 29.5 Å². The SMILES string of the molecule is OC(C1CCOC2(CCSC2)C1)C1CCCS1. The number of aliphatic hydroxyl groups is 1. The third kappa shape index (κ3) is 2.65. The average molecular weight is 274 g/mol. The van der Waals surface area contributed by atoms with Gasteiger partial charge in [0.15, 0.2) is 0 Å². The van der Waals surface area contributed by atoms with Gasteiger partial charge in [0.25, 0.3) is 0 Å². The van der Waals surface area contributed by atoms with Crippen molar-refractivity contribution in [3.63, 3.8) is 0 Å². The summed E-state index contributed by atoms with van der Waals surface area (Å²) in [7, 11) is 0. The number of thioether (sulfide) groups is 2. The highest BCUT2D eigenvalue weighted by Gasteiger charge is 2.43. The minimum absolute atomic E-state index is 0.0890. The summed E-state index contributed by atoms with van der Waals surface area (Å²) >= 11 is 3.99. The first kappa shape index (κ1) is 12.6. The van der Waals surface area contributed by atoms with E-state index in [2.05, 4.69) is 0 Å². The highest BCUT2D eigenvalue weighted by Crippen LogP contribution is 2.43. The molecule has 0 aromatic heterocycles. The summed E-state index contributed by atoms with van der Waals surface area (Å²) in [4.78, 5) is 0. The van der Waals surface area contributed by atoms with Gasteiger partial charge in [-0.25, -0.2) is 0 Å². The zero-order chi connectivity index (χ0) is 11.7. The van der Waals surface area contributed by atoms with E-state index in [0.29, 0.717) is 11.2 Å². The van der Waals surface area contributed by atoms with E-state index in [1.807, 2.05) is 23.5 Å². The van der Waals surface area contributed by atoms with Gasteiger partial charge in [0.2, 0.25) is 0 Å². The Kier molecular flexibility index (Phi) is 3.95. The first-order chi connectivity index (χ1) is 8.29. The van der Waals surface area contributed by atoms with Crippen LogP contribution in [-0.4, -0.2) is 45.9 Å². The van der Waals surface area contributed by atoms with E-state index < -0.39 is 0 Å². The van der Waals surface area contributed by atoms with Crippen LogP contribution >= 0.6 is 23.5 Å². The third-order valence-corrected chi connectivity index (χ3v) is 7.12. The number of hydrogen-bond donors (Lipinski definition) is 1. The molecule has 3 aliphatic rings. The molecule has 3 aliphatic heterocycles. The minimum atomic E-state index is -0.0890. The van der Waals surface area contributed by atoms with Gasteiger partial charge < -0.3 is 9.84 Å². The smallest absolute Gasteiger partial charge is 0.0783 e. The first-order valence-electron chi connectivity index (χ1n) is 6.80. The largest absolute Gasteiger partial charge is 0.392 e. The number of ether oxygens (including phenoxy) is 1. The Morgan fingerprint density at radius 3 is 2.94 bits per heavy atom. The van der Waals surface area contributed by atoms with Crippen molar-refractivity contribution in [2.45, 2.75) is 49.1 Å².